The molecule has 274 valence electrons. The molecule has 1 aromatic heterocycles. The van der Waals surface area contributed by atoms with Crippen LogP contribution in [-0.2, 0) is 5.41 Å². The van der Waals surface area contributed by atoms with Crippen molar-refractivity contribution in [1.29, 1.82) is 0 Å². The molecule has 0 saturated heterocycles. The van der Waals surface area contributed by atoms with Crippen molar-refractivity contribution in [2.75, 3.05) is 9.80 Å². The summed E-state index contributed by atoms with van der Waals surface area (Å²) in [4.78, 5) is 4.89. The van der Waals surface area contributed by atoms with E-state index in [9.17, 15) is 0 Å². The second-order valence-electron chi connectivity index (χ2n) is 16.2. The normalized spacial score (nSPS) is 13.8. The molecule has 3 nitrogen and oxygen atoms in total. The molecule has 0 N–H and O–H groups in total. The minimum absolute atomic E-state index is 0.154. The number of hydrogen-bond donors (Lipinski definition) is 0. The number of nitrogens with zero attached hydrogens (tertiary/aromatic N) is 3. The Morgan fingerprint density at radius 2 is 0.879 bits per heavy atom. The van der Waals surface area contributed by atoms with Gasteiger partial charge in [-0.1, -0.05) is 135 Å². The van der Waals surface area contributed by atoms with Crippen molar-refractivity contribution in [3.8, 4) is 27.9 Å². The quantitative estimate of drug-likeness (QED) is 0.179. The lowest BCUT2D eigenvalue weighted by molar-refractivity contribution is 0.660. The van der Waals surface area contributed by atoms with Crippen molar-refractivity contribution < 1.29 is 0 Å². The van der Waals surface area contributed by atoms with Crippen molar-refractivity contribution >= 4 is 66.7 Å². The first-order valence-corrected chi connectivity index (χ1v) is 20.2. The van der Waals surface area contributed by atoms with Gasteiger partial charge in [0.25, 0.3) is 0 Å². The van der Waals surface area contributed by atoms with Crippen LogP contribution in [-0.4, -0.2) is 4.57 Å². The lowest BCUT2D eigenvalue weighted by Crippen LogP contribution is -2.16. The Hall–Kier alpha value is -7.36. The van der Waals surface area contributed by atoms with E-state index in [1.165, 1.54) is 66.1 Å². The monoisotopic (exact) mass is 741 g/mol. The van der Waals surface area contributed by atoms with Crippen LogP contribution in [0.4, 0.5) is 34.1 Å². The van der Waals surface area contributed by atoms with Gasteiger partial charge in [0.1, 0.15) is 0 Å². The SMILES string of the molecule is CC1(C)c2ccc3cc2-c2cc(ccc21)N(c1cccc2c4ccccc4n(-c4cccc5ccccc45)c12)c1cccc(c1)-c1cccc(c1)N3c1ccccc1. The van der Waals surface area contributed by atoms with E-state index in [1.54, 1.807) is 0 Å². The molecule has 2 heterocycles. The van der Waals surface area contributed by atoms with E-state index in [1.807, 2.05) is 0 Å². The molecule has 0 spiro atoms. The van der Waals surface area contributed by atoms with E-state index in [0.29, 0.717) is 0 Å². The van der Waals surface area contributed by atoms with Crippen molar-refractivity contribution in [2.24, 2.45) is 0 Å². The van der Waals surface area contributed by atoms with Crippen LogP contribution in [0.15, 0.2) is 200 Å². The fraction of sp³-hybridized carbons (Fsp3) is 0.0545. The molecule has 0 fully saturated rings. The molecule has 9 aromatic carbocycles. The average molecular weight is 742 g/mol. The van der Waals surface area contributed by atoms with Gasteiger partial charge in [0.05, 0.1) is 22.4 Å². The first kappa shape index (κ1) is 32.8. The topological polar surface area (TPSA) is 11.4 Å². The standard InChI is InChI=1S/C55H39N3/c1-55(2)49-30-28-42-34-47(49)48-35-43(29-31-50(48)55)57(41-21-11-17-38(33-41)37-16-10-20-40(32-37)56(42)39-18-4-3-5-19-39)53-27-13-24-46-45-23-8-9-25-52(45)58(54(46)53)51-26-12-15-36-14-6-7-22-44(36)51/h3-35H,1-2H3. The highest BCUT2D eigenvalue weighted by Gasteiger charge is 2.37. The maximum Gasteiger partial charge on any atom is 0.0782 e. The molecule has 58 heavy (non-hydrogen) atoms. The summed E-state index contributed by atoms with van der Waals surface area (Å²) in [5, 5.41) is 4.91. The zero-order valence-corrected chi connectivity index (χ0v) is 32.4. The summed E-state index contributed by atoms with van der Waals surface area (Å²) in [7, 11) is 0. The summed E-state index contributed by atoms with van der Waals surface area (Å²) in [6.07, 6.45) is 0. The van der Waals surface area contributed by atoms with Gasteiger partial charge in [0.15, 0.2) is 0 Å². The molecule has 0 radical (unpaired) electrons. The molecule has 0 saturated carbocycles. The Balaban J connectivity index is 1.19. The fourth-order valence-corrected chi connectivity index (χ4v) is 9.96. The van der Waals surface area contributed by atoms with Crippen LogP contribution in [0.1, 0.15) is 25.0 Å². The van der Waals surface area contributed by atoms with Crippen LogP contribution in [0.25, 0.3) is 60.5 Å². The zero-order chi connectivity index (χ0) is 38.5. The van der Waals surface area contributed by atoms with Gasteiger partial charge >= 0.3 is 0 Å². The highest BCUT2D eigenvalue weighted by Crippen LogP contribution is 2.53. The second kappa shape index (κ2) is 12.3. The molecule has 3 heteroatoms. The fourth-order valence-electron chi connectivity index (χ4n) is 9.96. The Morgan fingerprint density at radius 1 is 0.362 bits per heavy atom. The third kappa shape index (κ3) is 4.74. The van der Waals surface area contributed by atoms with Crippen molar-refractivity contribution in [2.45, 2.75) is 19.3 Å². The molecular formula is C55H39N3. The van der Waals surface area contributed by atoms with Gasteiger partial charge in [0, 0.05) is 50.0 Å². The van der Waals surface area contributed by atoms with Crippen molar-refractivity contribution in [3.63, 3.8) is 0 Å². The van der Waals surface area contributed by atoms with Gasteiger partial charge < -0.3 is 14.4 Å². The van der Waals surface area contributed by atoms with Gasteiger partial charge in [0.2, 0.25) is 0 Å². The van der Waals surface area contributed by atoms with E-state index >= 15 is 0 Å². The van der Waals surface area contributed by atoms with E-state index in [-0.39, 0.29) is 5.41 Å². The number of para-hydroxylation sites is 3. The van der Waals surface area contributed by atoms with Crippen LogP contribution in [0.3, 0.4) is 0 Å². The van der Waals surface area contributed by atoms with Gasteiger partial charge in [-0.3, -0.25) is 0 Å². The summed E-state index contributed by atoms with van der Waals surface area (Å²) in [5.41, 5.74) is 17.7. The number of anilines is 6. The summed E-state index contributed by atoms with van der Waals surface area (Å²) in [6, 6.07) is 74.2. The first-order valence-electron chi connectivity index (χ1n) is 20.2. The zero-order valence-electron chi connectivity index (χ0n) is 32.4. The highest BCUT2D eigenvalue weighted by atomic mass is 15.2. The van der Waals surface area contributed by atoms with Gasteiger partial charge in [-0.05, 0) is 118 Å². The molecule has 1 aliphatic heterocycles. The molecule has 0 atom stereocenters. The maximum absolute atomic E-state index is 2.50. The smallest absolute Gasteiger partial charge is 0.0782 e. The molecule has 1 aliphatic carbocycles. The highest BCUT2D eigenvalue weighted by molar-refractivity contribution is 6.15. The Labute approximate surface area is 338 Å². The first-order chi connectivity index (χ1) is 28.5. The Bertz CT molecular complexity index is 3270. The lowest BCUT2D eigenvalue weighted by Gasteiger charge is -2.29. The van der Waals surface area contributed by atoms with Crippen LogP contribution >= 0.6 is 0 Å². The average Bonchev–Trinajstić information content (AvgIpc) is 3.72. The van der Waals surface area contributed by atoms with Gasteiger partial charge in [-0.15, -0.1) is 0 Å². The molecule has 2 aliphatic rings. The third-order valence-corrected chi connectivity index (χ3v) is 12.6. The summed E-state index contributed by atoms with van der Waals surface area (Å²) in [6.45, 7) is 4.74. The molecular weight excluding hydrogens is 703 g/mol. The summed E-state index contributed by atoms with van der Waals surface area (Å²) >= 11 is 0. The number of fused-ring (bicyclic) bond motifs is 11. The number of hydrogen-bond acceptors (Lipinski definition) is 2. The lowest BCUT2D eigenvalue weighted by atomic mass is 9.82. The number of rotatable bonds is 3. The number of benzene rings is 9. The third-order valence-electron chi connectivity index (χ3n) is 12.6. The predicted octanol–water partition coefficient (Wildman–Crippen LogP) is 15.2. The van der Waals surface area contributed by atoms with Crippen LogP contribution in [0, 0.1) is 0 Å². The summed E-state index contributed by atoms with van der Waals surface area (Å²) < 4.78 is 2.50. The van der Waals surface area contributed by atoms with Crippen LogP contribution in [0.2, 0.25) is 0 Å². The molecule has 0 unspecified atom stereocenters. The molecule has 10 aromatic rings. The second-order valence-corrected chi connectivity index (χ2v) is 16.2. The minimum Gasteiger partial charge on any atom is -0.310 e. The Kier molecular flexibility index (Phi) is 6.98. The van der Waals surface area contributed by atoms with E-state index in [4.69, 9.17) is 0 Å². The molecule has 12 rings (SSSR count). The summed E-state index contributed by atoms with van der Waals surface area (Å²) in [5.74, 6) is 0. The van der Waals surface area contributed by atoms with E-state index in [0.717, 1.165) is 39.7 Å². The van der Waals surface area contributed by atoms with E-state index in [2.05, 4.69) is 228 Å². The maximum atomic E-state index is 2.50. The molecule has 8 bridgehead atoms. The van der Waals surface area contributed by atoms with E-state index < -0.39 is 0 Å². The Morgan fingerprint density at radius 3 is 1.62 bits per heavy atom. The van der Waals surface area contributed by atoms with Gasteiger partial charge in [-0.2, -0.15) is 0 Å². The van der Waals surface area contributed by atoms with Crippen molar-refractivity contribution in [3.05, 3.63) is 211 Å². The number of aromatic nitrogens is 1. The van der Waals surface area contributed by atoms with Crippen LogP contribution in [0.5, 0.6) is 0 Å². The largest absolute Gasteiger partial charge is 0.310 e. The minimum atomic E-state index is -0.154. The van der Waals surface area contributed by atoms with Crippen LogP contribution < -0.4 is 9.80 Å². The molecule has 0 amide bonds. The van der Waals surface area contributed by atoms with Crippen molar-refractivity contribution in [1.82, 2.24) is 4.57 Å². The predicted molar refractivity (Wildman–Crippen MR) is 244 cm³/mol. The van der Waals surface area contributed by atoms with Gasteiger partial charge in [-0.25, -0.2) is 0 Å².